The molecule has 1 aromatic carbocycles. The number of hydrogen-bond acceptors (Lipinski definition) is 5. The van der Waals surface area contributed by atoms with Crippen LogP contribution in [0.2, 0.25) is 0 Å². The van der Waals surface area contributed by atoms with E-state index in [1.807, 2.05) is 6.92 Å². The smallest absolute Gasteiger partial charge is 0.312 e. The molecular formula is C19H25N5O4. The molecule has 0 radical (unpaired) electrons. The van der Waals surface area contributed by atoms with E-state index in [-0.39, 0.29) is 17.5 Å². The molecule has 0 aliphatic heterocycles. The molecule has 0 spiro atoms. The summed E-state index contributed by atoms with van der Waals surface area (Å²) >= 11 is 0. The predicted molar refractivity (Wildman–Crippen MR) is 104 cm³/mol. The summed E-state index contributed by atoms with van der Waals surface area (Å²) < 4.78 is 1.57. The maximum atomic E-state index is 12.3. The quantitative estimate of drug-likeness (QED) is 0.531. The Morgan fingerprint density at radius 2 is 1.89 bits per heavy atom. The Morgan fingerprint density at radius 3 is 2.43 bits per heavy atom. The van der Waals surface area contributed by atoms with E-state index in [4.69, 9.17) is 0 Å². The number of benzene rings is 1. The molecule has 0 unspecified atom stereocenters. The van der Waals surface area contributed by atoms with Gasteiger partial charge in [0.05, 0.1) is 11.5 Å². The van der Waals surface area contributed by atoms with Crippen LogP contribution in [-0.4, -0.2) is 39.1 Å². The molecule has 0 saturated heterocycles. The number of carbonyl (C=O) groups is 2. The molecule has 1 aromatic heterocycles. The van der Waals surface area contributed by atoms with E-state index in [0.29, 0.717) is 30.0 Å². The molecule has 1 atom stereocenters. The largest absolute Gasteiger partial charge is 0.354 e. The number of rotatable bonds is 8. The second kappa shape index (κ2) is 9.12. The summed E-state index contributed by atoms with van der Waals surface area (Å²) in [6.07, 6.45) is 0.826. The first-order valence-electron chi connectivity index (χ1n) is 9.10. The van der Waals surface area contributed by atoms with Crippen molar-refractivity contribution in [3.63, 3.8) is 0 Å². The van der Waals surface area contributed by atoms with Gasteiger partial charge >= 0.3 is 5.69 Å². The van der Waals surface area contributed by atoms with Crippen LogP contribution in [-0.2, 0) is 11.3 Å². The second-order valence-electron chi connectivity index (χ2n) is 6.62. The van der Waals surface area contributed by atoms with Crippen molar-refractivity contribution in [2.75, 3.05) is 6.54 Å². The Bertz CT molecular complexity index is 873. The number of nitrogens with zero attached hydrogens (tertiary/aromatic N) is 3. The van der Waals surface area contributed by atoms with E-state index in [2.05, 4.69) is 15.7 Å². The fourth-order valence-electron chi connectivity index (χ4n) is 2.79. The van der Waals surface area contributed by atoms with Crippen LogP contribution in [0.5, 0.6) is 0 Å². The minimum absolute atomic E-state index is 0.0198. The Labute approximate surface area is 163 Å². The number of amides is 2. The summed E-state index contributed by atoms with van der Waals surface area (Å²) in [6.45, 7) is 7.77. The van der Waals surface area contributed by atoms with Gasteiger partial charge in [0.1, 0.15) is 17.4 Å². The van der Waals surface area contributed by atoms with Crippen molar-refractivity contribution in [2.45, 2.75) is 46.7 Å². The van der Waals surface area contributed by atoms with Crippen molar-refractivity contribution in [2.24, 2.45) is 0 Å². The molecule has 2 aromatic rings. The highest BCUT2D eigenvalue weighted by Crippen LogP contribution is 2.22. The van der Waals surface area contributed by atoms with Crippen LogP contribution in [0.15, 0.2) is 24.3 Å². The Balaban J connectivity index is 2.03. The average molecular weight is 387 g/mol. The van der Waals surface area contributed by atoms with Gasteiger partial charge in [0.15, 0.2) is 0 Å². The number of hydrogen-bond donors (Lipinski definition) is 2. The number of carbonyl (C=O) groups excluding carboxylic acids is 2. The monoisotopic (exact) mass is 387 g/mol. The third-order valence-corrected chi connectivity index (χ3v) is 4.36. The molecule has 9 nitrogen and oxygen atoms in total. The summed E-state index contributed by atoms with van der Waals surface area (Å²) in [6, 6.07) is 6.20. The van der Waals surface area contributed by atoms with Gasteiger partial charge in [-0.05, 0) is 44.9 Å². The van der Waals surface area contributed by atoms with Crippen molar-refractivity contribution < 1.29 is 14.5 Å². The molecule has 150 valence electrons. The van der Waals surface area contributed by atoms with E-state index in [0.717, 1.165) is 12.0 Å². The van der Waals surface area contributed by atoms with Crippen LogP contribution in [0.25, 0.3) is 0 Å². The van der Waals surface area contributed by atoms with Crippen molar-refractivity contribution in [1.82, 2.24) is 20.4 Å². The van der Waals surface area contributed by atoms with Gasteiger partial charge in [-0.15, -0.1) is 0 Å². The van der Waals surface area contributed by atoms with Crippen LogP contribution in [0.3, 0.4) is 0 Å². The van der Waals surface area contributed by atoms with Crippen molar-refractivity contribution >= 4 is 17.5 Å². The Hall–Kier alpha value is -3.23. The molecule has 2 rings (SSSR count). The van der Waals surface area contributed by atoms with Crippen LogP contribution in [0.1, 0.15) is 47.6 Å². The van der Waals surface area contributed by atoms with Crippen molar-refractivity contribution in [1.29, 1.82) is 0 Å². The molecule has 0 saturated carbocycles. The van der Waals surface area contributed by atoms with Gasteiger partial charge in [-0.3, -0.25) is 24.4 Å². The molecular weight excluding hydrogens is 362 g/mol. The van der Waals surface area contributed by atoms with Gasteiger partial charge in [0.25, 0.3) is 5.91 Å². The first-order chi connectivity index (χ1) is 13.2. The zero-order valence-electron chi connectivity index (χ0n) is 16.5. The molecule has 1 heterocycles. The number of nitrogens with one attached hydrogen (secondary N) is 2. The number of aromatic nitrogens is 2. The van der Waals surface area contributed by atoms with E-state index >= 15 is 0 Å². The van der Waals surface area contributed by atoms with Gasteiger partial charge < -0.3 is 10.6 Å². The molecule has 9 heteroatoms. The maximum Gasteiger partial charge on any atom is 0.312 e. The third kappa shape index (κ3) is 4.93. The lowest BCUT2D eigenvalue weighted by Gasteiger charge is -2.14. The Kier molecular flexibility index (Phi) is 6.86. The van der Waals surface area contributed by atoms with E-state index < -0.39 is 11.0 Å². The summed E-state index contributed by atoms with van der Waals surface area (Å²) in [5.74, 6) is -0.564. The maximum absolute atomic E-state index is 12.3. The lowest BCUT2D eigenvalue weighted by atomic mass is 10.1. The van der Waals surface area contributed by atoms with Gasteiger partial charge in [-0.25, -0.2) is 0 Å². The summed E-state index contributed by atoms with van der Waals surface area (Å²) in [7, 11) is 0. The minimum atomic E-state index is -0.631. The number of nitro groups is 1. The fourth-order valence-corrected chi connectivity index (χ4v) is 2.79. The SMILES string of the molecule is CCCNC(=O)[C@H](C)NC(=O)c1ccc(Cn2nc(C)c([N+](=O)[O-])c2C)cc1. The minimum Gasteiger partial charge on any atom is -0.354 e. The molecule has 2 amide bonds. The van der Waals surface area contributed by atoms with E-state index in [9.17, 15) is 19.7 Å². The van der Waals surface area contributed by atoms with Gasteiger partial charge in [0, 0.05) is 12.1 Å². The summed E-state index contributed by atoms with van der Waals surface area (Å²) in [5, 5.41) is 20.7. The zero-order chi connectivity index (χ0) is 20.8. The highest BCUT2D eigenvalue weighted by Gasteiger charge is 2.22. The topological polar surface area (TPSA) is 119 Å². The molecule has 2 N–H and O–H groups in total. The van der Waals surface area contributed by atoms with E-state index in [1.165, 1.54) is 0 Å². The highest BCUT2D eigenvalue weighted by molar-refractivity contribution is 5.97. The molecule has 0 bridgehead atoms. The molecule has 0 fully saturated rings. The molecule has 0 aliphatic carbocycles. The second-order valence-corrected chi connectivity index (χ2v) is 6.62. The first-order valence-corrected chi connectivity index (χ1v) is 9.10. The highest BCUT2D eigenvalue weighted by atomic mass is 16.6. The number of aryl methyl sites for hydroxylation is 1. The van der Waals surface area contributed by atoms with Crippen LogP contribution in [0, 0.1) is 24.0 Å². The normalized spacial score (nSPS) is 11.7. The van der Waals surface area contributed by atoms with Crippen molar-refractivity contribution in [3.8, 4) is 0 Å². The lowest BCUT2D eigenvalue weighted by molar-refractivity contribution is -0.386. The molecule has 28 heavy (non-hydrogen) atoms. The van der Waals surface area contributed by atoms with Crippen LogP contribution < -0.4 is 10.6 Å². The summed E-state index contributed by atoms with van der Waals surface area (Å²) in [4.78, 5) is 34.8. The van der Waals surface area contributed by atoms with Crippen molar-refractivity contribution in [3.05, 3.63) is 56.9 Å². The molecule has 0 aliphatic rings. The van der Waals surface area contributed by atoms with Crippen LogP contribution in [0.4, 0.5) is 5.69 Å². The average Bonchev–Trinajstić information content (AvgIpc) is 2.93. The Morgan fingerprint density at radius 1 is 1.25 bits per heavy atom. The van der Waals surface area contributed by atoms with E-state index in [1.54, 1.807) is 49.7 Å². The van der Waals surface area contributed by atoms with Crippen LogP contribution >= 0.6 is 0 Å². The summed E-state index contributed by atoms with van der Waals surface area (Å²) in [5.41, 5.74) is 2.15. The third-order valence-electron chi connectivity index (χ3n) is 4.36. The van der Waals surface area contributed by atoms with Gasteiger partial charge in [-0.1, -0.05) is 19.1 Å². The standard InChI is InChI=1S/C19H25N5O4/c1-5-10-20-18(25)13(3)21-19(26)16-8-6-15(7-9-16)11-23-14(4)17(24(27)28)12(2)22-23/h6-9,13H,5,10-11H2,1-4H3,(H,20,25)(H,21,26)/t13-/m0/s1. The van der Waals surface area contributed by atoms with Gasteiger partial charge in [0.2, 0.25) is 5.91 Å². The fraction of sp³-hybridized carbons (Fsp3) is 0.421. The zero-order valence-corrected chi connectivity index (χ0v) is 16.5. The lowest BCUT2D eigenvalue weighted by Crippen LogP contribution is -2.45. The van der Waals surface area contributed by atoms with Gasteiger partial charge in [-0.2, -0.15) is 5.10 Å². The first kappa shape index (κ1) is 21.1. The predicted octanol–water partition coefficient (Wildman–Crippen LogP) is 2.10.